The van der Waals surface area contributed by atoms with Crippen LogP contribution < -0.4 is 15.5 Å². The van der Waals surface area contributed by atoms with Gasteiger partial charge in [0.1, 0.15) is 5.82 Å². The van der Waals surface area contributed by atoms with Crippen LogP contribution in [0.3, 0.4) is 0 Å². The number of hydrogen-bond donors (Lipinski definition) is 2. The minimum atomic E-state index is -0.247. The molecule has 0 aliphatic carbocycles. The van der Waals surface area contributed by atoms with Crippen molar-refractivity contribution in [2.75, 3.05) is 24.3 Å². The predicted octanol–water partition coefficient (Wildman–Crippen LogP) is 2.82. The fraction of sp³-hybridized carbons (Fsp3) is 0.312. The number of carbonyl (C=O) groups excluding carboxylic acids is 1. The summed E-state index contributed by atoms with van der Waals surface area (Å²) in [6, 6.07) is 7.20. The maximum atomic E-state index is 12.1. The highest BCUT2D eigenvalue weighted by Crippen LogP contribution is 2.16. The van der Waals surface area contributed by atoms with Gasteiger partial charge in [0.05, 0.1) is 17.9 Å². The lowest BCUT2D eigenvalue weighted by atomic mass is 10.1. The number of rotatable bonds is 5. The molecule has 0 fully saturated rings. The molecule has 0 bridgehead atoms. The Labute approximate surface area is 130 Å². The number of hydrogen-bond acceptors (Lipinski definition) is 4. The smallest absolute Gasteiger partial charge is 0.319 e. The van der Waals surface area contributed by atoms with Crippen molar-refractivity contribution in [3.63, 3.8) is 0 Å². The van der Waals surface area contributed by atoms with Crippen LogP contribution in [-0.4, -0.2) is 30.1 Å². The van der Waals surface area contributed by atoms with Gasteiger partial charge in [-0.15, -0.1) is 0 Å². The van der Waals surface area contributed by atoms with Crippen molar-refractivity contribution in [1.82, 2.24) is 15.3 Å². The minimum Gasteiger partial charge on any atom is -0.363 e. The molecular weight excluding hydrogens is 278 g/mol. The average molecular weight is 299 g/mol. The maximum Gasteiger partial charge on any atom is 0.319 e. The van der Waals surface area contributed by atoms with E-state index in [1.54, 1.807) is 18.6 Å². The van der Waals surface area contributed by atoms with E-state index in [9.17, 15) is 4.79 Å². The molecule has 2 aromatic heterocycles. The first-order valence-electron chi connectivity index (χ1n) is 7.21. The Morgan fingerprint density at radius 1 is 1.23 bits per heavy atom. The fourth-order valence-electron chi connectivity index (χ4n) is 2.07. The molecule has 22 heavy (non-hydrogen) atoms. The van der Waals surface area contributed by atoms with Crippen LogP contribution in [0.1, 0.15) is 24.9 Å². The van der Waals surface area contributed by atoms with Gasteiger partial charge in [-0.25, -0.2) is 9.78 Å². The van der Waals surface area contributed by atoms with Gasteiger partial charge >= 0.3 is 6.03 Å². The van der Waals surface area contributed by atoms with Crippen LogP contribution in [0.15, 0.2) is 42.9 Å². The van der Waals surface area contributed by atoms with Gasteiger partial charge in [0.15, 0.2) is 0 Å². The number of pyridine rings is 2. The van der Waals surface area contributed by atoms with Crippen molar-refractivity contribution in [2.45, 2.75) is 19.4 Å². The zero-order valence-electron chi connectivity index (χ0n) is 13.1. The van der Waals surface area contributed by atoms with E-state index in [-0.39, 0.29) is 12.1 Å². The molecule has 6 heteroatoms. The van der Waals surface area contributed by atoms with Gasteiger partial charge in [-0.3, -0.25) is 4.98 Å². The topological polar surface area (TPSA) is 70.2 Å². The molecule has 0 saturated heterocycles. The first-order valence-corrected chi connectivity index (χ1v) is 7.21. The Morgan fingerprint density at radius 2 is 1.95 bits per heavy atom. The van der Waals surface area contributed by atoms with Crippen molar-refractivity contribution in [3.8, 4) is 0 Å². The molecule has 1 atom stereocenters. The van der Waals surface area contributed by atoms with E-state index in [2.05, 4.69) is 20.6 Å². The molecule has 0 aliphatic rings. The Bertz CT molecular complexity index is 598. The zero-order chi connectivity index (χ0) is 15.9. The molecule has 2 aromatic rings. The van der Waals surface area contributed by atoms with Crippen molar-refractivity contribution >= 4 is 17.5 Å². The minimum absolute atomic E-state index is 0.0444. The third-order valence-electron chi connectivity index (χ3n) is 3.29. The summed E-state index contributed by atoms with van der Waals surface area (Å²) < 4.78 is 0. The van der Waals surface area contributed by atoms with Gasteiger partial charge in [0, 0.05) is 26.5 Å². The summed E-state index contributed by atoms with van der Waals surface area (Å²) in [6.45, 7) is 2.03. The Morgan fingerprint density at radius 3 is 2.50 bits per heavy atom. The molecule has 2 rings (SSSR count). The summed E-state index contributed by atoms with van der Waals surface area (Å²) in [4.78, 5) is 22.3. The average Bonchev–Trinajstić information content (AvgIpc) is 2.54. The number of nitrogens with one attached hydrogen (secondary N) is 2. The van der Waals surface area contributed by atoms with Gasteiger partial charge in [-0.1, -0.05) is 6.92 Å². The summed E-state index contributed by atoms with van der Waals surface area (Å²) in [5.41, 5.74) is 1.70. The number of anilines is 2. The highest BCUT2D eigenvalue weighted by Gasteiger charge is 2.12. The standard InChI is InChI=1S/C16H21N5O/c1-4-14(12-7-9-17-10-8-12)20-16(22)19-13-5-6-15(18-11-13)21(2)3/h5-11,14H,4H2,1-3H3,(H2,19,20,22)/t14-/m1/s1. The molecule has 0 spiro atoms. The van der Waals surface area contributed by atoms with Crippen LogP contribution in [0.4, 0.5) is 16.3 Å². The number of aromatic nitrogens is 2. The summed E-state index contributed by atoms with van der Waals surface area (Å²) in [5, 5.41) is 5.75. The third-order valence-corrected chi connectivity index (χ3v) is 3.29. The normalized spacial score (nSPS) is 11.6. The van der Waals surface area contributed by atoms with Crippen LogP contribution in [0.2, 0.25) is 0 Å². The Kier molecular flexibility index (Phi) is 5.30. The summed E-state index contributed by atoms with van der Waals surface area (Å²) in [5.74, 6) is 0.842. The third kappa shape index (κ3) is 4.18. The van der Waals surface area contributed by atoms with E-state index in [0.717, 1.165) is 17.8 Å². The largest absolute Gasteiger partial charge is 0.363 e. The second-order valence-corrected chi connectivity index (χ2v) is 5.14. The van der Waals surface area contributed by atoms with Crippen LogP contribution in [0.5, 0.6) is 0 Å². The van der Waals surface area contributed by atoms with Crippen LogP contribution in [0, 0.1) is 0 Å². The maximum absolute atomic E-state index is 12.1. The first kappa shape index (κ1) is 15.8. The van der Waals surface area contributed by atoms with Crippen LogP contribution in [-0.2, 0) is 0 Å². The van der Waals surface area contributed by atoms with Gasteiger partial charge in [0.2, 0.25) is 0 Å². The van der Waals surface area contributed by atoms with Crippen molar-refractivity contribution < 1.29 is 4.79 Å². The van der Waals surface area contributed by atoms with E-state index in [1.165, 1.54) is 0 Å². The fourth-order valence-corrected chi connectivity index (χ4v) is 2.07. The molecule has 0 unspecified atom stereocenters. The molecule has 2 heterocycles. The summed E-state index contributed by atoms with van der Waals surface area (Å²) >= 11 is 0. The van der Waals surface area contributed by atoms with Crippen LogP contribution in [0.25, 0.3) is 0 Å². The lowest BCUT2D eigenvalue weighted by molar-refractivity contribution is 0.248. The van der Waals surface area contributed by atoms with E-state index in [4.69, 9.17) is 0 Å². The van der Waals surface area contributed by atoms with Gasteiger partial charge in [-0.2, -0.15) is 0 Å². The zero-order valence-corrected chi connectivity index (χ0v) is 13.1. The van der Waals surface area contributed by atoms with Gasteiger partial charge < -0.3 is 15.5 Å². The number of urea groups is 1. The molecule has 0 aromatic carbocycles. The predicted molar refractivity (Wildman–Crippen MR) is 88.0 cm³/mol. The van der Waals surface area contributed by atoms with Crippen molar-refractivity contribution in [2.24, 2.45) is 0 Å². The Hall–Kier alpha value is -2.63. The summed E-state index contributed by atoms with van der Waals surface area (Å²) in [7, 11) is 3.84. The molecular formula is C16H21N5O. The second-order valence-electron chi connectivity index (χ2n) is 5.14. The molecule has 2 N–H and O–H groups in total. The van der Waals surface area contributed by atoms with Gasteiger partial charge in [-0.05, 0) is 36.2 Å². The SMILES string of the molecule is CC[C@@H](NC(=O)Nc1ccc(N(C)C)nc1)c1ccncc1. The quantitative estimate of drug-likeness (QED) is 0.890. The van der Waals surface area contributed by atoms with Crippen LogP contribution >= 0.6 is 0 Å². The molecule has 0 saturated carbocycles. The number of nitrogens with zero attached hydrogens (tertiary/aromatic N) is 3. The highest BCUT2D eigenvalue weighted by atomic mass is 16.2. The highest BCUT2D eigenvalue weighted by molar-refractivity contribution is 5.89. The molecule has 0 radical (unpaired) electrons. The van der Waals surface area contributed by atoms with E-state index in [1.807, 2.05) is 50.2 Å². The molecule has 6 nitrogen and oxygen atoms in total. The lowest BCUT2D eigenvalue weighted by Crippen LogP contribution is -2.32. The van der Waals surface area contributed by atoms with E-state index in [0.29, 0.717) is 5.69 Å². The Balaban J connectivity index is 1.97. The van der Waals surface area contributed by atoms with Gasteiger partial charge in [0.25, 0.3) is 0 Å². The van der Waals surface area contributed by atoms with Crippen molar-refractivity contribution in [3.05, 3.63) is 48.4 Å². The summed E-state index contributed by atoms with van der Waals surface area (Å²) in [6.07, 6.45) is 5.89. The first-order chi connectivity index (χ1) is 10.6. The van der Waals surface area contributed by atoms with Crippen molar-refractivity contribution in [1.29, 1.82) is 0 Å². The van der Waals surface area contributed by atoms with E-state index < -0.39 is 0 Å². The second kappa shape index (κ2) is 7.40. The molecule has 116 valence electrons. The monoisotopic (exact) mass is 299 g/mol. The van der Waals surface area contributed by atoms with E-state index >= 15 is 0 Å². The molecule has 0 aliphatic heterocycles. The molecule has 2 amide bonds. The number of amides is 2. The lowest BCUT2D eigenvalue weighted by Gasteiger charge is -2.18. The number of carbonyl (C=O) groups is 1.